The molecule has 3 nitrogen and oxygen atoms in total. The van der Waals surface area contributed by atoms with E-state index in [-0.39, 0.29) is 5.91 Å². The molecule has 0 bridgehead atoms. The van der Waals surface area contributed by atoms with E-state index in [9.17, 15) is 4.79 Å². The largest absolute Gasteiger partial charge is 0.271 e. The zero-order valence-electron chi connectivity index (χ0n) is 13.2. The van der Waals surface area contributed by atoms with Crippen molar-refractivity contribution in [3.8, 4) is 11.1 Å². The van der Waals surface area contributed by atoms with Crippen LogP contribution in [-0.2, 0) is 0 Å². The molecule has 0 aromatic heterocycles. The molecule has 0 unspecified atom stereocenters. The number of carbonyl (C=O) groups excluding carboxylic acids is 1. The van der Waals surface area contributed by atoms with Gasteiger partial charge in [-0.25, -0.2) is 5.43 Å². The number of benzene rings is 2. The van der Waals surface area contributed by atoms with Crippen LogP contribution >= 0.6 is 0 Å². The zero-order valence-corrected chi connectivity index (χ0v) is 13.2. The fourth-order valence-electron chi connectivity index (χ4n) is 2.99. The molecular formula is C20H22N2O. The average molecular weight is 306 g/mol. The van der Waals surface area contributed by atoms with Crippen molar-refractivity contribution in [1.29, 1.82) is 0 Å². The van der Waals surface area contributed by atoms with Crippen LogP contribution in [0.5, 0.6) is 0 Å². The van der Waals surface area contributed by atoms with E-state index in [1.165, 1.54) is 32.1 Å². The van der Waals surface area contributed by atoms with Crippen molar-refractivity contribution in [2.75, 3.05) is 0 Å². The first-order valence-electron chi connectivity index (χ1n) is 8.32. The van der Waals surface area contributed by atoms with Gasteiger partial charge < -0.3 is 0 Å². The highest BCUT2D eigenvalue weighted by Crippen LogP contribution is 2.22. The van der Waals surface area contributed by atoms with Gasteiger partial charge >= 0.3 is 0 Å². The van der Waals surface area contributed by atoms with Gasteiger partial charge in [-0.15, -0.1) is 0 Å². The van der Waals surface area contributed by atoms with Gasteiger partial charge in [-0.1, -0.05) is 61.7 Å². The fraction of sp³-hybridized carbons (Fsp3) is 0.300. The topological polar surface area (TPSA) is 41.5 Å². The molecule has 1 aliphatic carbocycles. The molecule has 1 aliphatic rings. The molecule has 0 radical (unpaired) electrons. The molecule has 0 saturated heterocycles. The van der Waals surface area contributed by atoms with Gasteiger partial charge in [0.2, 0.25) is 0 Å². The molecule has 3 rings (SSSR count). The number of amides is 1. The summed E-state index contributed by atoms with van der Waals surface area (Å²) in [7, 11) is 0. The molecule has 0 heterocycles. The first-order chi connectivity index (χ1) is 11.3. The summed E-state index contributed by atoms with van der Waals surface area (Å²) in [5.74, 6) is 0.362. The first kappa shape index (κ1) is 15.5. The molecule has 118 valence electrons. The Kier molecular flexibility index (Phi) is 5.20. The Hall–Kier alpha value is -2.42. The SMILES string of the molecule is O=C(NN=CC1CCCCC1)c1ccc(-c2ccccc2)cc1. The van der Waals surface area contributed by atoms with Crippen molar-refractivity contribution >= 4 is 12.1 Å². The van der Waals surface area contributed by atoms with E-state index in [4.69, 9.17) is 0 Å². The minimum atomic E-state index is -0.156. The third kappa shape index (κ3) is 4.28. The number of nitrogens with one attached hydrogen (secondary N) is 1. The van der Waals surface area contributed by atoms with Crippen LogP contribution in [-0.4, -0.2) is 12.1 Å². The van der Waals surface area contributed by atoms with Gasteiger partial charge in [-0.3, -0.25) is 4.79 Å². The minimum absolute atomic E-state index is 0.156. The van der Waals surface area contributed by atoms with Crippen LogP contribution < -0.4 is 5.43 Å². The fourth-order valence-corrected chi connectivity index (χ4v) is 2.99. The summed E-state index contributed by atoms with van der Waals surface area (Å²) in [6.45, 7) is 0. The molecule has 2 aromatic rings. The van der Waals surface area contributed by atoms with Crippen LogP contribution in [0.1, 0.15) is 42.5 Å². The van der Waals surface area contributed by atoms with E-state index in [0.29, 0.717) is 11.5 Å². The van der Waals surface area contributed by atoms with E-state index in [1.807, 2.05) is 48.7 Å². The summed E-state index contributed by atoms with van der Waals surface area (Å²) in [5.41, 5.74) is 5.52. The van der Waals surface area contributed by atoms with Crippen LogP contribution in [0.15, 0.2) is 59.7 Å². The van der Waals surface area contributed by atoms with Crippen LogP contribution in [0.25, 0.3) is 11.1 Å². The molecule has 1 amide bonds. The Labute approximate surface area is 137 Å². The monoisotopic (exact) mass is 306 g/mol. The number of carbonyl (C=O) groups is 1. The summed E-state index contributed by atoms with van der Waals surface area (Å²) in [5, 5.41) is 4.13. The highest BCUT2D eigenvalue weighted by atomic mass is 16.2. The maximum atomic E-state index is 12.1. The van der Waals surface area contributed by atoms with Crippen LogP contribution in [0, 0.1) is 5.92 Å². The second-order valence-electron chi connectivity index (χ2n) is 6.06. The lowest BCUT2D eigenvalue weighted by Gasteiger charge is -2.16. The maximum Gasteiger partial charge on any atom is 0.271 e. The Balaban J connectivity index is 1.58. The molecule has 2 aromatic carbocycles. The van der Waals surface area contributed by atoms with E-state index in [2.05, 4.69) is 22.7 Å². The smallest absolute Gasteiger partial charge is 0.267 e. The lowest BCUT2D eigenvalue weighted by atomic mass is 9.90. The molecule has 1 N–H and O–H groups in total. The summed E-state index contributed by atoms with van der Waals surface area (Å²) in [4.78, 5) is 12.1. The maximum absolute atomic E-state index is 12.1. The molecule has 0 aliphatic heterocycles. The van der Waals surface area contributed by atoms with Gasteiger partial charge in [0, 0.05) is 11.8 Å². The summed E-state index contributed by atoms with van der Waals surface area (Å²) >= 11 is 0. The van der Waals surface area contributed by atoms with Crippen molar-refractivity contribution in [3.05, 3.63) is 60.2 Å². The van der Waals surface area contributed by atoms with Crippen molar-refractivity contribution in [1.82, 2.24) is 5.43 Å². The van der Waals surface area contributed by atoms with Gasteiger partial charge in [0.05, 0.1) is 0 Å². The van der Waals surface area contributed by atoms with Crippen molar-refractivity contribution in [3.63, 3.8) is 0 Å². The van der Waals surface area contributed by atoms with E-state index in [1.54, 1.807) is 0 Å². The first-order valence-corrected chi connectivity index (χ1v) is 8.32. The molecular weight excluding hydrogens is 284 g/mol. The second kappa shape index (κ2) is 7.73. The Morgan fingerprint density at radius 1 is 0.913 bits per heavy atom. The lowest BCUT2D eigenvalue weighted by Crippen LogP contribution is -2.19. The van der Waals surface area contributed by atoms with Gasteiger partial charge in [0.1, 0.15) is 0 Å². The second-order valence-corrected chi connectivity index (χ2v) is 6.06. The predicted octanol–water partition coefficient (Wildman–Crippen LogP) is 4.65. The van der Waals surface area contributed by atoms with E-state index in [0.717, 1.165) is 11.1 Å². The number of nitrogens with zero attached hydrogens (tertiary/aromatic N) is 1. The Morgan fingerprint density at radius 3 is 2.26 bits per heavy atom. The molecule has 1 fully saturated rings. The van der Waals surface area contributed by atoms with Gasteiger partial charge in [-0.05, 0) is 42.0 Å². The highest BCUT2D eigenvalue weighted by molar-refractivity contribution is 5.94. The standard InChI is InChI=1S/C20H22N2O/c23-20(22-21-15-16-7-3-1-4-8-16)19-13-11-18(12-14-19)17-9-5-2-6-10-17/h2,5-6,9-16H,1,3-4,7-8H2,(H,22,23). The van der Waals surface area contributed by atoms with Crippen LogP contribution in [0.3, 0.4) is 0 Å². The average Bonchev–Trinajstić information content (AvgIpc) is 2.63. The molecule has 3 heteroatoms. The lowest BCUT2D eigenvalue weighted by molar-refractivity contribution is 0.0955. The molecule has 0 atom stereocenters. The van der Waals surface area contributed by atoms with Crippen molar-refractivity contribution < 1.29 is 4.79 Å². The Morgan fingerprint density at radius 2 is 1.57 bits per heavy atom. The number of rotatable bonds is 4. The van der Waals surface area contributed by atoms with Crippen molar-refractivity contribution in [2.45, 2.75) is 32.1 Å². The van der Waals surface area contributed by atoms with Crippen LogP contribution in [0.2, 0.25) is 0 Å². The van der Waals surface area contributed by atoms with Gasteiger partial charge in [-0.2, -0.15) is 5.10 Å². The van der Waals surface area contributed by atoms with E-state index >= 15 is 0 Å². The summed E-state index contributed by atoms with van der Waals surface area (Å²) in [6.07, 6.45) is 8.13. The third-order valence-electron chi connectivity index (χ3n) is 4.36. The number of hydrazone groups is 1. The predicted molar refractivity (Wildman–Crippen MR) is 94.4 cm³/mol. The van der Waals surface area contributed by atoms with Crippen LogP contribution in [0.4, 0.5) is 0 Å². The van der Waals surface area contributed by atoms with Gasteiger partial charge in [0.15, 0.2) is 0 Å². The summed E-state index contributed by atoms with van der Waals surface area (Å²) < 4.78 is 0. The minimum Gasteiger partial charge on any atom is -0.267 e. The quantitative estimate of drug-likeness (QED) is 0.648. The Bertz CT molecular complexity index is 656. The van der Waals surface area contributed by atoms with Crippen molar-refractivity contribution in [2.24, 2.45) is 11.0 Å². The molecule has 23 heavy (non-hydrogen) atoms. The number of hydrogen-bond acceptors (Lipinski definition) is 2. The zero-order chi connectivity index (χ0) is 15.9. The van der Waals surface area contributed by atoms with Gasteiger partial charge in [0.25, 0.3) is 5.91 Å². The molecule has 1 saturated carbocycles. The van der Waals surface area contributed by atoms with E-state index < -0.39 is 0 Å². The molecule has 0 spiro atoms. The summed E-state index contributed by atoms with van der Waals surface area (Å²) in [6, 6.07) is 17.8. The number of hydrogen-bond donors (Lipinski definition) is 1. The third-order valence-corrected chi connectivity index (χ3v) is 4.36. The normalized spacial score (nSPS) is 15.7. The highest BCUT2D eigenvalue weighted by Gasteiger charge is 2.11.